The van der Waals surface area contributed by atoms with Gasteiger partial charge in [0.05, 0.1) is 26.9 Å². The van der Waals surface area contributed by atoms with Gasteiger partial charge in [-0.15, -0.1) is 0 Å². The molecule has 2 aliphatic heterocycles. The largest absolute Gasteiger partial charge is 0.497 e. The Labute approximate surface area is 192 Å². The predicted molar refractivity (Wildman–Crippen MR) is 124 cm³/mol. The SMILES string of the molecule is COCCN1C(=S)N[C@@H]2c3cc(OC)ccc3O[C@]1(C)[C@@H]2C(=O)Nc1ccc(OC)cc1. The fourth-order valence-corrected chi connectivity index (χ4v) is 4.76. The molecule has 170 valence electrons. The Kier molecular flexibility index (Phi) is 6.12. The number of benzene rings is 2. The molecule has 3 atom stereocenters. The molecule has 4 rings (SSSR count). The van der Waals surface area contributed by atoms with Gasteiger partial charge in [0.2, 0.25) is 5.91 Å². The van der Waals surface area contributed by atoms with E-state index in [9.17, 15) is 4.79 Å². The molecule has 0 aliphatic carbocycles. The van der Waals surface area contributed by atoms with Gasteiger partial charge in [0.1, 0.15) is 23.2 Å². The molecule has 9 heteroatoms. The van der Waals surface area contributed by atoms with Crippen LogP contribution in [0.5, 0.6) is 17.2 Å². The highest BCUT2D eigenvalue weighted by atomic mass is 32.1. The second-order valence-electron chi connectivity index (χ2n) is 7.83. The summed E-state index contributed by atoms with van der Waals surface area (Å²) < 4.78 is 22.4. The van der Waals surface area contributed by atoms with Crippen molar-refractivity contribution in [1.82, 2.24) is 10.2 Å². The molecule has 1 fully saturated rings. The number of carbonyl (C=O) groups is 1. The molecule has 1 amide bonds. The zero-order valence-corrected chi connectivity index (χ0v) is 19.3. The Morgan fingerprint density at radius 1 is 1.16 bits per heavy atom. The molecule has 2 N–H and O–H groups in total. The molecule has 0 aromatic heterocycles. The van der Waals surface area contributed by atoms with Gasteiger partial charge in [-0.1, -0.05) is 0 Å². The van der Waals surface area contributed by atoms with E-state index in [1.54, 1.807) is 45.6 Å². The van der Waals surface area contributed by atoms with Crippen molar-refractivity contribution in [3.05, 3.63) is 48.0 Å². The van der Waals surface area contributed by atoms with Crippen LogP contribution >= 0.6 is 12.2 Å². The molecule has 2 bridgehead atoms. The normalized spacial score (nSPS) is 23.5. The van der Waals surface area contributed by atoms with Crippen LogP contribution in [0.1, 0.15) is 18.5 Å². The first kappa shape index (κ1) is 22.2. The van der Waals surface area contributed by atoms with Crippen LogP contribution in [0.2, 0.25) is 0 Å². The van der Waals surface area contributed by atoms with Gasteiger partial charge in [-0.25, -0.2) is 0 Å². The zero-order chi connectivity index (χ0) is 22.9. The molecule has 0 spiro atoms. The van der Waals surface area contributed by atoms with Crippen LogP contribution in [0.3, 0.4) is 0 Å². The molecular formula is C23H27N3O5S. The van der Waals surface area contributed by atoms with Gasteiger partial charge in [-0.3, -0.25) is 4.79 Å². The Morgan fingerprint density at radius 2 is 1.84 bits per heavy atom. The summed E-state index contributed by atoms with van der Waals surface area (Å²) >= 11 is 5.66. The third kappa shape index (κ3) is 3.82. The fraction of sp³-hybridized carbons (Fsp3) is 0.391. The number of ether oxygens (including phenoxy) is 4. The molecule has 32 heavy (non-hydrogen) atoms. The summed E-state index contributed by atoms with van der Waals surface area (Å²) in [5.74, 6) is 1.29. The standard InChI is InChI=1S/C23H27N3O5S/c1-23-19(21(27)24-14-5-7-15(29-3)8-6-14)20(25-22(32)26(23)11-12-28-2)17-13-16(30-4)9-10-18(17)31-23/h5-10,13,19-20H,11-12H2,1-4H3,(H,24,27)(H,25,32)/t19-,20+,23+/m0/s1. The highest BCUT2D eigenvalue weighted by molar-refractivity contribution is 7.80. The maximum absolute atomic E-state index is 13.6. The molecule has 0 saturated carbocycles. The first-order valence-electron chi connectivity index (χ1n) is 10.3. The molecule has 2 aromatic rings. The number of hydrogen-bond acceptors (Lipinski definition) is 6. The van der Waals surface area contributed by atoms with Crippen LogP contribution in [0.15, 0.2) is 42.5 Å². The number of rotatable bonds is 7. The third-order valence-electron chi connectivity index (χ3n) is 6.00. The van der Waals surface area contributed by atoms with Crippen molar-refractivity contribution < 1.29 is 23.7 Å². The number of thiocarbonyl (C=S) groups is 1. The molecule has 2 heterocycles. The summed E-state index contributed by atoms with van der Waals surface area (Å²) in [6.45, 7) is 2.81. The third-order valence-corrected chi connectivity index (χ3v) is 6.34. The van der Waals surface area contributed by atoms with Crippen molar-refractivity contribution in [2.45, 2.75) is 18.7 Å². The van der Waals surface area contributed by atoms with Crippen molar-refractivity contribution in [3.8, 4) is 17.2 Å². The van der Waals surface area contributed by atoms with E-state index in [4.69, 9.17) is 31.2 Å². The minimum Gasteiger partial charge on any atom is -0.497 e. The Balaban J connectivity index is 1.73. The van der Waals surface area contributed by atoms with Crippen molar-refractivity contribution in [2.24, 2.45) is 5.92 Å². The second kappa shape index (κ2) is 8.84. The van der Waals surface area contributed by atoms with E-state index >= 15 is 0 Å². The van der Waals surface area contributed by atoms with E-state index in [2.05, 4.69) is 10.6 Å². The number of fused-ring (bicyclic) bond motifs is 4. The summed E-state index contributed by atoms with van der Waals surface area (Å²) in [5.41, 5.74) is 0.481. The van der Waals surface area contributed by atoms with Crippen LogP contribution in [-0.4, -0.2) is 56.1 Å². The maximum atomic E-state index is 13.6. The Bertz CT molecular complexity index is 1020. The number of amides is 1. The van der Waals surface area contributed by atoms with E-state index < -0.39 is 11.6 Å². The smallest absolute Gasteiger partial charge is 0.236 e. The maximum Gasteiger partial charge on any atom is 0.236 e. The van der Waals surface area contributed by atoms with Gasteiger partial charge in [-0.05, 0) is 61.6 Å². The van der Waals surface area contributed by atoms with Crippen molar-refractivity contribution >= 4 is 28.9 Å². The Hall–Kier alpha value is -3.04. The molecular weight excluding hydrogens is 430 g/mol. The van der Waals surface area contributed by atoms with Crippen LogP contribution in [-0.2, 0) is 9.53 Å². The van der Waals surface area contributed by atoms with Crippen molar-refractivity contribution in [1.29, 1.82) is 0 Å². The van der Waals surface area contributed by atoms with E-state index in [1.165, 1.54) is 0 Å². The number of carbonyl (C=O) groups excluding carboxylic acids is 1. The van der Waals surface area contributed by atoms with Crippen molar-refractivity contribution in [2.75, 3.05) is 39.8 Å². The summed E-state index contributed by atoms with van der Waals surface area (Å²) in [6.07, 6.45) is 0. The van der Waals surface area contributed by atoms with Crippen LogP contribution in [0.25, 0.3) is 0 Å². The number of nitrogens with zero attached hydrogens (tertiary/aromatic N) is 1. The molecule has 2 aromatic carbocycles. The average molecular weight is 458 g/mol. The topological polar surface area (TPSA) is 81.3 Å². The van der Waals surface area contributed by atoms with Gasteiger partial charge < -0.3 is 34.5 Å². The van der Waals surface area contributed by atoms with Gasteiger partial charge in [0.15, 0.2) is 10.8 Å². The van der Waals surface area contributed by atoms with Crippen LogP contribution < -0.4 is 24.8 Å². The highest BCUT2D eigenvalue weighted by Crippen LogP contribution is 2.49. The molecule has 2 aliphatic rings. The molecule has 0 unspecified atom stereocenters. The minimum atomic E-state index is -1.01. The minimum absolute atomic E-state index is 0.187. The summed E-state index contributed by atoms with van der Waals surface area (Å²) in [4.78, 5) is 15.5. The quantitative estimate of drug-likeness (QED) is 0.615. The summed E-state index contributed by atoms with van der Waals surface area (Å²) in [6, 6.07) is 12.4. The second-order valence-corrected chi connectivity index (χ2v) is 8.21. The lowest BCUT2D eigenvalue weighted by Gasteiger charge is -2.56. The average Bonchev–Trinajstić information content (AvgIpc) is 2.78. The van der Waals surface area contributed by atoms with E-state index in [0.717, 1.165) is 5.56 Å². The van der Waals surface area contributed by atoms with E-state index in [-0.39, 0.29) is 11.9 Å². The van der Waals surface area contributed by atoms with Crippen LogP contribution in [0.4, 0.5) is 5.69 Å². The number of methoxy groups -OCH3 is 3. The molecule has 8 nitrogen and oxygen atoms in total. The first-order valence-corrected chi connectivity index (χ1v) is 10.7. The molecule has 1 saturated heterocycles. The number of nitrogens with one attached hydrogen (secondary N) is 2. The van der Waals surface area contributed by atoms with Crippen molar-refractivity contribution in [3.63, 3.8) is 0 Å². The number of anilines is 1. The zero-order valence-electron chi connectivity index (χ0n) is 18.5. The molecule has 0 radical (unpaired) electrons. The van der Waals surface area contributed by atoms with E-state index in [1.807, 2.05) is 30.0 Å². The van der Waals surface area contributed by atoms with Gasteiger partial charge >= 0.3 is 0 Å². The predicted octanol–water partition coefficient (Wildman–Crippen LogP) is 2.94. The van der Waals surface area contributed by atoms with Crippen LogP contribution in [0, 0.1) is 5.92 Å². The lowest BCUT2D eigenvalue weighted by atomic mass is 9.78. The summed E-state index contributed by atoms with van der Waals surface area (Å²) in [5, 5.41) is 6.89. The lowest BCUT2D eigenvalue weighted by Crippen LogP contribution is -2.72. The van der Waals surface area contributed by atoms with E-state index in [0.29, 0.717) is 41.2 Å². The Morgan fingerprint density at radius 3 is 2.50 bits per heavy atom. The highest BCUT2D eigenvalue weighted by Gasteiger charge is 2.58. The summed E-state index contributed by atoms with van der Waals surface area (Å²) in [7, 11) is 4.83. The monoisotopic (exact) mass is 457 g/mol. The fourth-order valence-electron chi connectivity index (χ4n) is 4.36. The van der Waals surface area contributed by atoms with Gasteiger partial charge in [-0.2, -0.15) is 0 Å². The van der Waals surface area contributed by atoms with Gasteiger partial charge in [0, 0.05) is 24.9 Å². The number of hydrogen-bond donors (Lipinski definition) is 2. The van der Waals surface area contributed by atoms with Gasteiger partial charge in [0.25, 0.3) is 0 Å². The lowest BCUT2D eigenvalue weighted by molar-refractivity contribution is -0.150. The first-order chi connectivity index (χ1) is 15.4.